The topological polar surface area (TPSA) is 85.6 Å². The Kier molecular flexibility index (Phi) is 4.52. The van der Waals surface area contributed by atoms with Gasteiger partial charge in [-0.3, -0.25) is 9.36 Å². The van der Waals surface area contributed by atoms with Crippen molar-refractivity contribution in [2.24, 2.45) is 15.9 Å². The molecule has 2 aromatic rings. The molecule has 0 aromatic carbocycles. The quantitative estimate of drug-likeness (QED) is 0.675. The minimum atomic E-state index is -0.430. The van der Waals surface area contributed by atoms with Crippen molar-refractivity contribution in [2.45, 2.75) is 30.5 Å². The number of aromatic nitrogens is 3. The Morgan fingerprint density at radius 2 is 2.18 bits per heavy atom. The first-order valence-corrected chi connectivity index (χ1v) is 10.4. The van der Waals surface area contributed by atoms with E-state index in [0.717, 1.165) is 29.6 Å². The molecule has 3 aliphatic rings. The van der Waals surface area contributed by atoms with Gasteiger partial charge in [-0.05, 0) is 37.1 Å². The zero-order valence-electron chi connectivity index (χ0n) is 14.8. The van der Waals surface area contributed by atoms with Crippen LogP contribution in [0.1, 0.15) is 30.3 Å². The number of carbonyl (C=O) groups excluding carboxylic acids is 1. The van der Waals surface area contributed by atoms with Gasteiger partial charge in [-0.1, -0.05) is 29.4 Å². The summed E-state index contributed by atoms with van der Waals surface area (Å²) in [6.45, 7) is 0.583. The maximum Gasteiger partial charge on any atom is 0.260 e. The van der Waals surface area contributed by atoms with Crippen molar-refractivity contribution in [3.63, 3.8) is 0 Å². The summed E-state index contributed by atoms with van der Waals surface area (Å²) >= 11 is 7.51. The van der Waals surface area contributed by atoms with Gasteiger partial charge in [0.1, 0.15) is 23.3 Å². The van der Waals surface area contributed by atoms with Crippen molar-refractivity contribution in [3.05, 3.63) is 53.2 Å². The number of amidine groups is 1. The Balaban J connectivity index is 1.36. The van der Waals surface area contributed by atoms with Crippen molar-refractivity contribution in [1.29, 1.82) is 0 Å². The smallest absolute Gasteiger partial charge is 0.260 e. The molecule has 9 heteroatoms. The highest BCUT2D eigenvalue weighted by atomic mass is 35.5. The Labute approximate surface area is 170 Å². The van der Waals surface area contributed by atoms with Crippen LogP contribution in [-0.2, 0) is 11.3 Å². The zero-order chi connectivity index (χ0) is 19.1. The fraction of sp³-hybridized carbons (Fsp3) is 0.316. The lowest BCUT2D eigenvalue weighted by atomic mass is 9.96. The molecule has 1 unspecified atom stereocenters. The summed E-state index contributed by atoms with van der Waals surface area (Å²) in [6, 6.07) is 3.81. The number of rotatable bonds is 6. The van der Waals surface area contributed by atoms with E-state index >= 15 is 0 Å². The summed E-state index contributed by atoms with van der Waals surface area (Å²) in [5.41, 5.74) is 0.638. The molecule has 2 aromatic heterocycles. The van der Waals surface area contributed by atoms with Gasteiger partial charge < -0.3 is 4.42 Å². The number of allylic oxidation sites excluding steroid dienone is 3. The minimum absolute atomic E-state index is 0.215. The molecule has 2 aliphatic carbocycles. The molecule has 1 amide bonds. The van der Waals surface area contributed by atoms with Crippen LogP contribution < -0.4 is 0 Å². The Morgan fingerprint density at radius 1 is 1.29 bits per heavy atom. The van der Waals surface area contributed by atoms with E-state index in [2.05, 4.69) is 24.7 Å². The molecule has 1 atom stereocenters. The average molecular weight is 414 g/mol. The molecular formula is C19H16ClN5O2S. The fourth-order valence-electron chi connectivity index (χ4n) is 3.20. The number of aliphatic imine (C=N–C) groups is 2. The van der Waals surface area contributed by atoms with Crippen LogP contribution in [0.5, 0.6) is 0 Å². The number of hydrogen-bond acceptors (Lipinski definition) is 6. The number of hydrogen-bond donors (Lipinski definition) is 0. The third-order valence-corrected chi connectivity index (χ3v) is 5.93. The van der Waals surface area contributed by atoms with Gasteiger partial charge in [0.05, 0.1) is 24.3 Å². The van der Waals surface area contributed by atoms with Gasteiger partial charge in [-0.2, -0.15) is 4.99 Å². The first-order chi connectivity index (χ1) is 13.7. The first kappa shape index (κ1) is 17.6. The second-order valence-corrected chi connectivity index (χ2v) is 8.22. The number of halogens is 1. The van der Waals surface area contributed by atoms with E-state index < -0.39 is 5.92 Å². The predicted octanol–water partition coefficient (Wildman–Crippen LogP) is 3.58. The second kappa shape index (κ2) is 7.18. The fourth-order valence-corrected chi connectivity index (χ4v) is 4.18. The van der Waals surface area contributed by atoms with E-state index in [4.69, 9.17) is 16.0 Å². The van der Waals surface area contributed by atoms with Crippen LogP contribution in [0.15, 0.2) is 61.2 Å². The van der Waals surface area contributed by atoms with E-state index in [0.29, 0.717) is 34.8 Å². The van der Waals surface area contributed by atoms with E-state index in [1.165, 1.54) is 11.8 Å². The van der Waals surface area contributed by atoms with Gasteiger partial charge in [0, 0.05) is 11.0 Å². The van der Waals surface area contributed by atoms with Crippen molar-refractivity contribution in [1.82, 2.24) is 14.8 Å². The molecule has 0 N–H and O–H groups in total. The van der Waals surface area contributed by atoms with Gasteiger partial charge in [0.2, 0.25) is 0 Å². The van der Waals surface area contributed by atoms with Crippen molar-refractivity contribution < 1.29 is 9.21 Å². The molecule has 0 bridgehead atoms. The Bertz CT molecular complexity index is 1050. The molecule has 7 nitrogen and oxygen atoms in total. The molecule has 1 saturated carbocycles. The van der Waals surface area contributed by atoms with Crippen LogP contribution in [0.2, 0.25) is 0 Å². The monoisotopic (exact) mass is 413 g/mol. The highest BCUT2D eigenvalue weighted by molar-refractivity contribution is 7.99. The van der Waals surface area contributed by atoms with Gasteiger partial charge in [0.15, 0.2) is 5.16 Å². The summed E-state index contributed by atoms with van der Waals surface area (Å²) in [4.78, 5) is 20.9. The summed E-state index contributed by atoms with van der Waals surface area (Å²) in [6.07, 6.45) is 9.09. The molecule has 0 spiro atoms. The van der Waals surface area contributed by atoms with Crippen LogP contribution in [-0.4, -0.2) is 38.0 Å². The zero-order valence-corrected chi connectivity index (χ0v) is 16.4. The summed E-state index contributed by atoms with van der Waals surface area (Å²) in [5, 5.41) is 10.1. The minimum Gasteiger partial charge on any atom is -0.467 e. The molecule has 5 rings (SSSR count). The normalized spacial score (nSPS) is 21.2. The van der Waals surface area contributed by atoms with Crippen LogP contribution in [0.3, 0.4) is 0 Å². The largest absolute Gasteiger partial charge is 0.467 e. The van der Waals surface area contributed by atoms with Crippen molar-refractivity contribution >= 4 is 40.8 Å². The predicted molar refractivity (Wildman–Crippen MR) is 107 cm³/mol. The lowest BCUT2D eigenvalue weighted by Crippen LogP contribution is -2.28. The lowest BCUT2D eigenvalue weighted by molar-refractivity contribution is -0.118. The molecule has 0 radical (unpaired) electrons. The number of carbonyl (C=O) groups is 1. The van der Waals surface area contributed by atoms with E-state index in [1.54, 1.807) is 24.5 Å². The summed E-state index contributed by atoms with van der Waals surface area (Å²) in [7, 11) is 0. The number of amides is 1. The number of nitrogens with zero attached hydrogens (tertiary/aromatic N) is 5. The maximum absolute atomic E-state index is 12.3. The van der Waals surface area contributed by atoms with Crippen LogP contribution in [0.25, 0.3) is 0 Å². The van der Waals surface area contributed by atoms with Crippen LogP contribution in [0, 0.1) is 5.92 Å². The second-order valence-electron chi connectivity index (χ2n) is 6.84. The van der Waals surface area contributed by atoms with E-state index in [9.17, 15) is 4.79 Å². The van der Waals surface area contributed by atoms with E-state index in [-0.39, 0.29) is 5.91 Å². The highest BCUT2D eigenvalue weighted by Crippen LogP contribution is 2.40. The van der Waals surface area contributed by atoms with E-state index in [1.807, 2.05) is 12.1 Å². The third kappa shape index (κ3) is 3.49. The maximum atomic E-state index is 12.3. The number of thioether (sulfide) groups is 1. The average Bonchev–Trinajstić information content (AvgIpc) is 3.24. The van der Waals surface area contributed by atoms with Crippen LogP contribution >= 0.6 is 23.4 Å². The van der Waals surface area contributed by atoms with Crippen molar-refractivity contribution in [3.8, 4) is 0 Å². The molecule has 28 heavy (non-hydrogen) atoms. The SMILES string of the molecule is O=C1N=C(CSc2nnc(C3CC3)n2Cc2ccco2)N=C2C=C(Cl)C=CC12. The number of furan rings is 1. The Hall–Kier alpha value is -2.45. The molecular weight excluding hydrogens is 398 g/mol. The summed E-state index contributed by atoms with van der Waals surface area (Å²) < 4.78 is 7.58. The van der Waals surface area contributed by atoms with Gasteiger partial charge in [-0.25, -0.2) is 4.99 Å². The number of fused-ring (bicyclic) bond motifs is 1. The molecule has 142 valence electrons. The summed E-state index contributed by atoms with van der Waals surface area (Å²) in [5.74, 6) is 2.56. The van der Waals surface area contributed by atoms with Crippen LogP contribution in [0.4, 0.5) is 0 Å². The molecule has 1 fully saturated rings. The molecule has 0 saturated heterocycles. The molecule has 3 heterocycles. The van der Waals surface area contributed by atoms with Gasteiger partial charge in [-0.15, -0.1) is 10.2 Å². The lowest BCUT2D eigenvalue weighted by Gasteiger charge is -2.18. The highest BCUT2D eigenvalue weighted by Gasteiger charge is 2.31. The standard InChI is InChI=1S/C19H16ClN5O2S/c20-12-5-6-14-15(8-12)21-16(22-18(14)26)10-28-19-24-23-17(11-3-4-11)25(19)9-13-2-1-7-27-13/h1-2,5-8,11,14H,3-4,9-10H2. The van der Waals surface area contributed by atoms with Crippen molar-refractivity contribution in [2.75, 3.05) is 5.75 Å². The third-order valence-electron chi connectivity index (χ3n) is 4.73. The Morgan fingerprint density at radius 3 is 2.96 bits per heavy atom. The molecule has 1 aliphatic heterocycles. The van der Waals surface area contributed by atoms with Gasteiger partial charge >= 0.3 is 0 Å². The first-order valence-electron chi connectivity index (χ1n) is 9.01. The van der Waals surface area contributed by atoms with Gasteiger partial charge in [0.25, 0.3) is 5.91 Å².